The Labute approximate surface area is 132 Å². The maximum absolute atomic E-state index is 6.42. The predicted molar refractivity (Wildman–Crippen MR) is 86.3 cm³/mol. The molecule has 0 aromatic heterocycles. The van der Waals surface area contributed by atoms with Crippen LogP contribution in [0, 0.1) is 5.92 Å². The van der Waals surface area contributed by atoms with Crippen LogP contribution in [0.5, 0.6) is 5.75 Å². The zero-order chi connectivity index (χ0) is 13.5. The van der Waals surface area contributed by atoms with E-state index in [-0.39, 0.29) is 18.0 Å². The molecule has 4 heteroatoms. The summed E-state index contributed by atoms with van der Waals surface area (Å²) >= 11 is 6.34. The summed E-state index contributed by atoms with van der Waals surface area (Å²) in [5.41, 5.74) is 1.21. The van der Waals surface area contributed by atoms with E-state index >= 15 is 0 Å². The minimum atomic E-state index is -0.00412. The fourth-order valence-corrected chi connectivity index (χ4v) is 3.94. The van der Waals surface area contributed by atoms with Crippen molar-refractivity contribution in [2.45, 2.75) is 37.7 Å². The van der Waals surface area contributed by atoms with Gasteiger partial charge in [0.2, 0.25) is 0 Å². The van der Waals surface area contributed by atoms with Gasteiger partial charge in [-0.1, -0.05) is 24.1 Å². The number of ether oxygens (including phenoxy) is 1. The van der Waals surface area contributed by atoms with Crippen molar-refractivity contribution >= 4 is 24.0 Å². The van der Waals surface area contributed by atoms with Crippen LogP contribution in [-0.4, -0.2) is 31.1 Å². The van der Waals surface area contributed by atoms with E-state index in [1.807, 2.05) is 12.1 Å². The average molecular weight is 316 g/mol. The maximum atomic E-state index is 6.42. The summed E-state index contributed by atoms with van der Waals surface area (Å²) in [6, 6.07) is 6.04. The monoisotopic (exact) mass is 315 g/mol. The molecule has 1 heterocycles. The molecule has 2 nitrogen and oxygen atoms in total. The molecule has 0 saturated heterocycles. The summed E-state index contributed by atoms with van der Waals surface area (Å²) in [4.78, 5) is 2.28. The molecular weight excluding hydrogens is 293 g/mol. The highest BCUT2D eigenvalue weighted by Crippen LogP contribution is 2.48. The Morgan fingerprint density at radius 3 is 2.85 bits per heavy atom. The topological polar surface area (TPSA) is 12.5 Å². The van der Waals surface area contributed by atoms with Crippen LogP contribution in [0.3, 0.4) is 0 Å². The van der Waals surface area contributed by atoms with E-state index in [9.17, 15) is 0 Å². The van der Waals surface area contributed by atoms with E-state index in [4.69, 9.17) is 16.3 Å². The Hall–Kier alpha value is -0.440. The summed E-state index contributed by atoms with van der Waals surface area (Å²) in [6.07, 6.45) is 6.02. The molecule has 0 bridgehead atoms. The molecule has 0 amide bonds. The number of nitrogens with zero attached hydrogens (tertiary/aromatic N) is 1. The van der Waals surface area contributed by atoms with Gasteiger partial charge in [-0.05, 0) is 45.5 Å². The van der Waals surface area contributed by atoms with E-state index in [1.165, 1.54) is 24.8 Å². The second-order valence-corrected chi connectivity index (χ2v) is 6.67. The SMILES string of the molecule is CN(C)C[C@H]1CCCC[C@]12Cc1c(Cl)cccc1O2.Cl. The first kappa shape index (κ1) is 15.9. The minimum Gasteiger partial charge on any atom is -0.486 e. The number of hydrogen-bond donors (Lipinski definition) is 0. The molecular formula is C16H23Cl2NO. The Balaban J connectivity index is 0.00000147. The minimum absolute atomic E-state index is 0. The summed E-state index contributed by atoms with van der Waals surface area (Å²) < 4.78 is 6.42. The normalized spacial score (nSPS) is 28.1. The summed E-state index contributed by atoms with van der Waals surface area (Å²) in [6.45, 7) is 1.10. The molecule has 1 aliphatic carbocycles. The quantitative estimate of drug-likeness (QED) is 0.811. The van der Waals surface area contributed by atoms with Crippen LogP contribution in [0.2, 0.25) is 5.02 Å². The summed E-state index contributed by atoms with van der Waals surface area (Å²) in [5, 5.41) is 0.864. The molecule has 20 heavy (non-hydrogen) atoms. The Morgan fingerprint density at radius 1 is 1.35 bits per heavy atom. The van der Waals surface area contributed by atoms with Gasteiger partial charge in [0.05, 0.1) is 0 Å². The lowest BCUT2D eigenvalue weighted by atomic mass is 9.73. The van der Waals surface area contributed by atoms with Crippen molar-refractivity contribution in [1.29, 1.82) is 0 Å². The largest absolute Gasteiger partial charge is 0.486 e. The van der Waals surface area contributed by atoms with Crippen molar-refractivity contribution in [2.75, 3.05) is 20.6 Å². The Bertz CT molecular complexity index is 478. The molecule has 1 spiro atoms. The molecule has 2 aliphatic rings. The van der Waals surface area contributed by atoms with Crippen molar-refractivity contribution in [2.24, 2.45) is 5.92 Å². The molecule has 0 unspecified atom stereocenters. The first-order chi connectivity index (χ1) is 9.11. The fraction of sp³-hybridized carbons (Fsp3) is 0.625. The van der Waals surface area contributed by atoms with Gasteiger partial charge < -0.3 is 9.64 Å². The molecule has 1 aliphatic heterocycles. The van der Waals surface area contributed by atoms with Crippen LogP contribution in [0.25, 0.3) is 0 Å². The molecule has 0 N–H and O–H groups in total. The molecule has 1 saturated carbocycles. The summed E-state index contributed by atoms with van der Waals surface area (Å²) in [7, 11) is 4.30. The number of halogens is 2. The second-order valence-electron chi connectivity index (χ2n) is 6.27. The highest BCUT2D eigenvalue weighted by atomic mass is 35.5. The number of rotatable bonds is 2. The van der Waals surface area contributed by atoms with Crippen LogP contribution in [-0.2, 0) is 6.42 Å². The molecule has 1 aromatic carbocycles. The summed E-state index contributed by atoms with van der Waals surface area (Å²) in [5.74, 6) is 1.62. The molecule has 0 radical (unpaired) electrons. The van der Waals surface area contributed by atoms with E-state index in [0.717, 1.165) is 30.2 Å². The highest BCUT2D eigenvalue weighted by molar-refractivity contribution is 6.31. The van der Waals surface area contributed by atoms with E-state index in [2.05, 4.69) is 25.1 Å². The van der Waals surface area contributed by atoms with E-state index in [0.29, 0.717) is 5.92 Å². The zero-order valence-corrected chi connectivity index (χ0v) is 13.8. The van der Waals surface area contributed by atoms with Crippen LogP contribution in [0.4, 0.5) is 0 Å². The maximum Gasteiger partial charge on any atom is 0.125 e. The lowest BCUT2D eigenvalue weighted by Gasteiger charge is -2.41. The first-order valence-electron chi connectivity index (χ1n) is 7.22. The van der Waals surface area contributed by atoms with Gasteiger partial charge in [-0.2, -0.15) is 0 Å². The molecule has 2 atom stereocenters. The molecule has 1 fully saturated rings. The van der Waals surface area contributed by atoms with E-state index in [1.54, 1.807) is 0 Å². The third-order valence-electron chi connectivity index (χ3n) is 4.60. The number of benzene rings is 1. The number of fused-ring (bicyclic) bond motifs is 1. The van der Waals surface area contributed by atoms with Crippen LogP contribution >= 0.6 is 24.0 Å². The van der Waals surface area contributed by atoms with Gasteiger partial charge in [0, 0.05) is 29.5 Å². The van der Waals surface area contributed by atoms with Crippen LogP contribution in [0.15, 0.2) is 18.2 Å². The smallest absolute Gasteiger partial charge is 0.125 e. The first-order valence-corrected chi connectivity index (χ1v) is 7.60. The van der Waals surface area contributed by atoms with Crippen molar-refractivity contribution in [3.8, 4) is 5.75 Å². The highest BCUT2D eigenvalue weighted by Gasteiger charge is 2.47. The van der Waals surface area contributed by atoms with Gasteiger partial charge in [0.25, 0.3) is 0 Å². The average Bonchev–Trinajstić information content (AvgIpc) is 2.73. The van der Waals surface area contributed by atoms with E-state index < -0.39 is 0 Å². The number of hydrogen-bond acceptors (Lipinski definition) is 2. The van der Waals surface area contributed by atoms with Gasteiger partial charge in [0.1, 0.15) is 11.4 Å². The molecule has 3 rings (SSSR count). The third kappa shape index (κ3) is 2.79. The predicted octanol–water partition coefficient (Wildman–Crippen LogP) is 4.19. The van der Waals surface area contributed by atoms with Crippen molar-refractivity contribution < 1.29 is 4.74 Å². The molecule has 112 valence electrons. The standard InChI is InChI=1S/C16H22ClNO.ClH/c1-18(2)11-12-6-3-4-9-16(12)10-13-14(17)7-5-8-15(13)19-16;/h5,7-8,12H,3-4,6,9-11H2,1-2H3;1H/t12-,16+;/m1./s1. The van der Waals surface area contributed by atoms with Gasteiger partial charge in [0.15, 0.2) is 0 Å². The fourth-order valence-electron chi connectivity index (χ4n) is 3.71. The Kier molecular flexibility index (Phi) is 4.88. The van der Waals surface area contributed by atoms with Crippen molar-refractivity contribution in [1.82, 2.24) is 4.90 Å². The third-order valence-corrected chi connectivity index (χ3v) is 4.95. The van der Waals surface area contributed by atoms with Crippen molar-refractivity contribution in [3.05, 3.63) is 28.8 Å². The van der Waals surface area contributed by atoms with Crippen molar-refractivity contribution in [3.63, 3.8) is 0 Å². The van der Waals surface area contributed by atoms with Crippen LogP contribution < -0.4 is 4.74 Å². The lowest BCUT2D eigenvalue weighted by Crippen LogP contribution is -2.48. The van der Waals surface area contributed by atoms with Gasteiger partial charge in [-0.3, -0.25) is 0 Å². The van der Waals surface area contributed by atoms with Gasteiger partial charge >= 0.3 is 0 Å². The Morgan fingerprint density at radius 2 is 2.15 bits per heavy atom. The van der Waals surface area contributed by atoms with Crippen LogP contribution in [0.1, 0.15) is 31.2 Å². The molecule has 1 aromatic rings. The zero-order valence-electron chi connectivity index (χ0n) is 12.2. The van der Waals surface area contributed by atoms with Gasteiger partial charge in [-0.15, -0.1) is 12.4 Å². The van der Waals surface area contributed by atoms with Gasteiger partial charge in [-0.25, -0.2) is 0 Å². The lowest BCUT2D eigenvalue weighted by molar-refractivity contribution is -0.0149. The second kappa shape index (κ2) is 6.13.